The van der Waals surface area contributed by atoms with Crippen LogP contribution in [-0.2, 0) is 0 Å². The highest BCUT2D eigenvalue weighted by atomic mass is 16.3. The monoisotopic (exact) mass is 175 g/mol. The summed E-state index contributed by atoms with van der Waals surface area (Å²) in [7, 11) is 0. The summed E-state index contributed by atoms with van der Waals surface area (Å²) in [6.07, 6.45) is 0.441. The maximum Gasteiger partial charge on any atom is 0.0693 e. The lowest BCUT2D eigenvalue weighted by Gasteiger charge is -2.32. The van der Waals surface area contributed by atoms with Crippen LogP contribution >= 0.6 is 0 Å². The Balaban J connectivity index is 4.14. The van der Waals surface area contributed by atoms with Gasteiger partial charge in [0.15, 0.2) is 0 Å². The van der Waals surface area contributed by atoms with E-state index in [0.717, 1.165) is 0 Å². The second-order valence-corrected chi connectivity index (χ2v) is 3.71. The Kier molecular flexibility index (Phi) is 4.75. The molecule has 12 heavy (non-hydrogen) atoms. The predicted molar refractivity (Wildman–Crippen MR) is 49.8 cm³/mol. The molecule has 0 radical (unpaired) electrons. The summed E-state index contributed by atoms with van der Waals surface area (Å²) in [6.45, 7) is 6.04. The largest absolute Gasteiger partial charge is 0.392 e. The molecule has 3 nitrogen and oxygen atoms in total. The molecule has 0 spiro atoms. The van der Waals surface area contributed by atoms with Crippen LogP contribution in [0.15, 0.2) is 0 Å². The average Bonchev–Trinajstić information content (AvgIpc) is 2.03. The van der Waals surface area contributed by atoms with Crippen molar-refractivity contribution in [2.45, 2.75) is 45.3 Å². The lowest BCUT2D eigenvalue weighted by Crippen LogP contribution is -2.40. The number of rotatable bonds is 5. The molecule has 2 unspecified atom stereocenters. The molecule has 0 aromatic rings. The molecule has 74 valence electrons. The first-order valence-corrected chi connectivity index (χ1v) is 4.56. The number of hydrogen-bond acceptors (Lipinski definition) is 3. The van der Waals surface area contributed by atoms with E-state index in [0.29, 0.717) is 12.8 Å². The Morgan fingerprint density at radius 2 is 1.92 bits per heavy atom. The molecule has 0 amide bonds. The lowest BCUT2D eigenvalue weighted by atomic mass is 9.83. The highest BCUT2D eigenvalue weighted by Gasteiger charge is 2.30. The van der Waals surface area contributed by atoms with Crippen LogP contribution in [0.4, 0.5) is 0 Å². The average molecular weight is 175 g/mol. The van der Waals surface area contributed by atoms with E-state index in [2.05, 4.69) is 0 Å². The summed E-state index contributed by atoms with van der Waals surface area (Å²) >= 11 is 0. The zero-order valence-electron chi connectivity index (χ0n) is 8.25. The molecule has 0 saturated heterocycles. The van der Waals surface area contributed by atoms with Gasteiger partial charge in [0.25, 0.3) is 0 Å². The first-order valence-electron chi connectivity index (χ1n) is 4.56. The van der Waals surface area contributed by atoms with Gasteiger partial charge in [0.05, 0.1) is 11.7 Å². The second kappa shape index (κ2) is 4.80. The van der Waals surface area contributed by atoms with Crippen molar-refractivity contribution in [3.63, 3.8) is 0 Å². The summed E-state index contributed by atoms with van der Waals surface area (Å²) < 4.78 is 0. The molecule has 0 saturated carbocycles. The molecule has 0 aromatic carbocycles. The maximum atomic E-state index is 9.98. The summed E-state index contributed by atoms with van der Waals surface area (Å²) in [5.74, 6) is 0.156. The zero-order chi connectivity index (χ0) is 9.78. The third-order valence-corrected chi connectivity index (χ3v) is 2.55. The van der Waals surface area contributed by atoms with Gasteiger partial charge < -0.3 is 15.9 Å². The topological polar surface area (TPSA) is 66.5 Å². The van der Waals surface area contributed by atoms with Crippen molar-refractivity contribution >= 4 is 0 Å². The molecule has 2 atom stereocenters. The van der Waals surface area contributed by atoms with Crippen molar-refractivity contribution in [2.75, 3.05) is 6.54 Å². The number of hydrogen-bond donors (Lipinski definition) is 3. The Labute approximate surface area is 74.6 Å². The van der Waals surface area contributed by atoms with Crippen LogP contribution in [0.2, 0.25) is 0 Å². The third-order valence-electron chi connectivity index (χ3n) is 2.55. The van der Waals surface area contributed by atoms with Crippen LogP contribution < -0.4 is 5.73 Å². The highest BCUT2D eigenvalue weighted by molar-refractivity contribution is 4.83. The molecule has 0 bridgehead atoms. The van der Waals surface area contributed by atoms with Crippen LogP contribution in [-0.4, -0.2) is 28.5 Å². The van der Waals surface area contributed by atoms with E-state index in [1.165, 1.54) is 0 Å². The summed E-state index contributed by atoms with van der Waals surface area (Å²) in [6, 6.07) is 0. The first-order chi connectivity index (χ1) is 5.46. The number of aliphatic hydroxyl groups excluding tert-OH is 1. The second-order valence-electron chi connectivity index (χ2n) is 3.71. The minimum atomic E-state index is -0.765. The molecule has 0 aliphatic heterocycles. The van der Waals surface area contributed by atoms with E-state index in [4.69, 9.17) is 5.73 Å². The fraction of sp³-hybridized carbons (Fsp3) is 1.00. The molecule has 0 aliphatic carbocycles. The van der Waals surface area contributed by atoms with Gasteiger partial charge in [-0.05, 0) is 12.3 Å². The zero-order valence-corrected chi connectivity index (χ0v) is 8.25. The Bertz CT molecular complexity index is 128. The van der Waals surface area contributed by atoms with Gasteiger partial charge in [-0.25, -0.2) is 0 Å². The quantitative estimate of drug-likeness (QED) is 0.570. The minimum Gasteiger partial charge on any atom is -0.392 e. The van der Waals surface area contributed by atoms with Crippen LogP contribution in [0.3, 0.4) is 0 Å². The Hall–Kier alpha value is -0.120. The fourth-order valence-corrected chi connectivity index (χ4v) is 1.28. The highest BCUT2D eigenvalue weighted by Crippen LogP contribution is 2.25. The molecular weight excluding hydrogens is 154 g/mol. The van der Waals surface area contributed by atoms with Crippen molar-refractivity contribution < 1.29 is 10.2 Å². The van der Waals surface area contributed by atoms with Gasteiger partial charge >= 0.3 is 0 Å². The molecule has 0 aromatic heterocycles. The van der Waals surface area contributed by atoms with Gasteiger partial charge in [0.1, 0.15) is 0 Å². The lowest BCUT2D eigenvalue weighted by molar-refractivity contribution is -0.0467. The van der Waals surface area contributed by atoms with E-state index in [1.807, 2.05) is 20.8 Å². The normalized spacial score (nSPS) is 19.2. The minimum absolute atomic E-state index is 0.156. The van der Waals surface area contributed by atoms with Gasteiger partial charge in [0.2, 0.25) is 0 Å². The van der Waals surface area contributed by atoms with E-state index in [-0.39, 0.29) is 12.5 Å². The van der Waals surface area contributed by atoms with Crippen molar-refractivity contribution in [2.24, 2.45) is 11.7 Å². The van der Waals surface area contributed by atoms with Crippen molar-refractivity contribution in [1.29, 1.82) is 0 Å². The summed E-state index contributed by atoms with van der Waals surface area (Å²) in [5, 5.41) is 19.3. The van der Waals surface area contributed by atoms with Gasteiger partial charge in [-0.2, -0.15) is 0 Å². The van der Waals surface area contributed by atoms with E-state index >= 15 is 0 Å². The number of aliphatic hydroxyl groups is 2. The summed E-state index contributed by atoms with van der Waals surface area (Å²) in [5.41, 5.74) is 4.51. The molecule has 3 heteroatoms. The molecule has 0 fully saturated rings. The van der Waals surface area contributed by atoms with Crippen molar-refractivity contribution in [3.8, 4) is 0 Å². The number of nitrogens with two attached hydrogens (primary N) is 1. The predicted octanol–water partition coefficient (Wildman–Crippen LogP) is 0.493. The van der Waals surface area contributed by atoms with Crippen LogP contribution in [0.5, 0.6) is 0 Å². The molecule has 4 N–H and O–H groups in total. The van der Waals surface area contributed by atoms with E-state index in [1.54, 1.807) is 0 Å². The molecular formula is C9H21NO2. The summed E-state index contributed by atoms with van der Waals surface area (Å²) in [4.78, 5) is 0. The van der Waals surface area contributed by atoms with Gasteiger partial charge in [-0.1, -0.05) is 20.8 Å². The molecule has 0 heterocycles. The first kappa shape index (κ1) is 11.9. The SMILES string of the molecule is CCC(O)(CC(O)CN)C(C)C. The van der Waals surface area contributed by atoms with Crippen LogP contribution in [0.1, 0.15) is 33.6 Å². The maximum absolute atomic E-state index is 9.98. The van der Waals surface area contributed by atoms with Crippen LogP contribution in [0, 0.1) is 5.92 Å². The standard InChI is InChI=1S/C9H21NO2/c1-4-9(12,7(2)3)5-8(11)6-10/h7-8,11-12H,4-6,10H2,1-3H3. The van der Waals surface area contributed by atoms with E-state index < -0.39 is 11.7 Å². The smallest absolute Gasteiger partial charge is 0.0693 e. The Morgan fingerprint density at radius 3 is 2.17 bits per heavy atom. The molecule has 0 rings (SSSR count). The van der Waals surface area contributed by atoms with Gasteiger partial charge in [-0.3, -0.25) is 0 Å². The Morgan fingerprint density at radius 1 is 1.42 bits per heavy atom. The van der Waals surface area contributed by atoms with Gasteiger partial charge in [-0.15, -0.1) is 0 Å². The fourth-order valence-electron chi connectivity index (χ4n) is 1.28. The third kappa shape index (κ3) is 3.09. The molecule has 0 aliphatic rings. The van der Waals surface area contributed by atoms with Crippen LogP contribution in [0.25, 0.3) is 0 Å². The van der Waals surface area contributed by atoms with Crippen molar-refractivity contribution in [1.82, 2.24) is 0 Å². The van der Waals surface area contributed by atoms with Crippen molar-refractivity contribution in [3.05, 3.63) is 0 Å². The van der Waals surface area contributed by atoms with E-state index in [9.17, 15) is 10.2 Å². The van der Waals surface area contributed by atoms with Gasteiger partial charge in [0, 0.05) is 13.0 Å².